The van der Waals surface area contributed by atoms with Gasteiger partial charge < -0.3 is 10.2 Å². The minimum atomic E-state index is -0.369. The molecule has 2 aromatic rings. The summed E-state index contributed by atoms with van der Waals surface area (Å²) in [6, 6.07) is 18.2. The average molecular weight is 435 g/mol. The normalized spacial score (nSPS) is 18.0. The summed E-state index contributed by atoms with van der Waals surface area (Å²) < 4.78 is 0. The maximum absolute atomic E-state index is 12.6. The molecule has 0 saturated carbocycles. The topological polar surface area (TPSA) is 57.1 Å². The van der Waals surface area contributed by atoms with E-state index >= 15 is 0 Å². The Kier molecular flexibility index (Phi) is 6.88. The highest BCUT2D eigenvalue weighted by Gasteiger charge is 2.39. The van der Waals surface area contributed by atoms with E-state index in [1.165, 1.54) is 17.3 Å². The zero-order valence-corrected chi connectivity index (χ0v) is 19.1. The molecular formula is C25H30N4OS. The molecule has 6 heteroatoms. The fourth-order valence-electron chi connectivity index (χ4n) is 4.01. The Morgan fingerprint density at radius 2 is 1.74 bits per heavy atom. The summed E-state index contributed by atoms with van der Waals surface area (Å²) in [5.74, 6) is 0.295. The minimum absolute atomic E-state index is 0.0221. The van der Waals surface area contributed by atoms with Crippen molar-refractivity contribution in [1.29, 1.82) is 0 Å². The molecule has 2 aromatic carbocycles. The largest absolute Gasteiger partial charge is 0.325 e. The van der Waals surface area contributed by atoms with E-state index in [-0.39, 0.29) is 11.6 Å². The number of rotatable bonds is 6. The number of carbonyl (C=O) groups is 1. The molecule has 0 unspecified atom stereocenters. The van der Waals surface area contributed by atoms with Crippen LogP contribution < -0.4 is 5.32 Å². The van der Waals surface area contributed by atoms with E-state index < -0.39 is 0 Å². The second-order valence-corrected chi connectivity index (χ2v) is 9.01. The number of likely N-dealkylation sites (tertiary alicyclic amines) is 1. The third kappa shape index (κ3) is 5.25. The molecule has 5 nitrogen and oxygen atoms in total. The average Bonchev–Trinajstić information content (AvgIpc) is 3.17. The van der Waals surface area contributed by atoms with Crippen molar-refractivity contribution in [2.24, 2.45) is 9.98 Å². The van der Waals surface area contributed by atoms with Gasteiger partial charge in [0.15, 0.2) is 5.66 Å². The van der Waals surface area contributed by atoms with E-state index in [0.29, 0.717) is 5.75 Å². The van der Waals surface area contributed by atoms with Crippen molar-refractivity contribution >= 4 is 34.1 Å². The number of carbonyl (C=O) groups excluding carboxylic acids is 1. The van der Waals surface area contributed by atoms with E-state index in [9.17, 15) is 4.79 Å². The SMILES string of the molecule is CCc1ccc(NC(=O)CSC2=NC3(CCN(CC)CC3)N=C2c2ccccc2)cc1. The van der Waals surface area contributed by atoms with E-state index in [1.54, 1.807) is 0 Å². The predicted octanol–water partition coefficient (Wildman–Crippen LogP) is 4.63. The summed E-state index contributed by atoms with van der Waals surface area (Å²) in [5.41, 5.74) is 3.72. The molecule has 0 aliphatic carbocycles. The van der Waals surface area contributed by atoms with Crippen molar-refractivity contribution < 1.29 is 4.79 Å². The van der Waals surface area contributed by atoms with Crippen LogP contribution in [0.25, 0.3) is 0 Å². The molecule has 2 aliphatic heterocycles. The zero-order valence-electron chi connectivity index (χ0n) is 18.3. The summed E-state index contributed by atoms with van der Waals surface area (Å²) in [5, 5.41) is 3.88. The number of piperidine rings is 1. The van der Waals surface area contributed by atoms with Crippen LogP contribution >= 0.6 is 11.8 Å². The highest BCUT2D eigenvalue weighted by molar-refractivity contribution is 8.16. The van der Waals surface area contributed by atoms with Crippen molar-refractivity contribution in [3.8, 4) is 0 Å². The predicted molar refractivity (Wildman–Crippen MR) is 131 cm³/mol. The molecule has 4 rings (SSSR count). The fourth-order valence-corrected chi connectivity index (χ4v) is 4.89. The quantitative estimate of drug-likeness (QED) is 0.721. The van der Waals surface area contributed by atoms with Crippen LogP contribution in [0.1, 0.15) is 37.8 Å². The van der Waals surface area contributed by atoms with Crippen LogP contribution in [0.3, 0.4) is 0 Å². The number of nitrogens with zero attached hydrogens (tertiary/aromatic N) is 3. The monoisotopic (exact) mass is 434 g/mol. The van der Waals surface area contributed by atoms with Gasteiger partial charge in [-0.15, -0.1) is 0 Å². The summed E-state index contributed by atoms with van der Waals surface area (Å²) in [6.07, 6.45) is 2.84. The minimum Gasteiger partial charge on any atom is -0.325 e. The van der Waals surface area contributed by atoms with Crippen LogP contribution in [0.15, 0.2) is 64.6 Å². The highest BCUT2D eigenvalue weighted by Crippen LogP contribution is 2.35. The standard InChI is InChI=1S/C25H30N4OS/c1-3-19-10-12-21(13-11-19)26-22(30)18-31-24-23(20-8-6-5-7-9-20)27-25(28-24)14-16-29(4-2)17-15-25/h5-13H,3-4,14-18H2,1-2H3,(H,26,30). The van der Waals surface area contributed by atoms with E-state index in [2.05, 4.69) is 48.3 Å². The van der Waals surface area contributed by atoms with Gasteiger partial charge in [-0.2, -0.15) is 0 Å². The number of aryl methyl sites for hydroxylation is 1. The number of benzene rings is 2. The molecule has 1 saturated heterocycles. The van der Waals surface area contributed by atoms with Gasteiger partial charge in [0.05, 0.1) is 11.5 Å². The molecule has 0 aromatic heterocycles. The van der Waals surface area contributed by atoms with Gasteiger partial charge in [-0.1, -0.05) is 68.1 Å². The van der Waals surface area contributed by atoms with E-state index in [1.807, 2.05) is 30.3 Å². The van der Waals surface area contributed by atoms with Crippen LogP contribution in [-0.4, -0.2) is 52.6 Å². The fraction of sp³-hybridized carbons (Fsp3) is 0.400. The lowest BCUT2D eigenvalue weighted by atomic mass is 9.98. The summed E-state index contributed by atoms with van der Waals surface area (Å²) in [7, 11) is 0. The Balaban J connectivity index is 1.46. The van der Waals surface area contributed by atoms with Crippen LogP contribution in [0.5, 0.6) is 0 Å². The van der Waals surface area contributed by atoms with Crippen LogP contribution in [0, 0.1) is 0 Å². The lowest BCUT2D eigenvalue weighted by Crippen LogP contribution is -2.41. The lowest BCUT2D eigenvalue weighted by Gasteiger charge is -2.34. The Bertz CT molecular complexity index is 961. The number of amides is 1. The first-order valence-electron chi connectivity index (χ1n) is 11.1. The van der Waals surface area contributed by atoms with Gasteiger partial charge in [-0.3, -0.25) is 9.79 Å². The summed E-state index contributed by atoms with van der Waals surface area (Å²) in [4.78, 5) is 25.2. The number of nitrogens with one attached hydrogen (secondary N) is 1. The molecule has 1 fully saturated rings. The Hall–Kier alpha value is -2.44. The molecule has 2 heterocycles. The van der Waals surface area contributed by atoms with Crippen LogP contribution in [0.2, 0.25) is 0 Å². The number of hydrogen-bond donors (Lipinski definition) is 1. The first kappa shape index (κ1) is 21.8. The molecule has 0 radical (unpaired) electrons. The van der Waals surface area contributed by atoms with Gasteiger partial charge in [0.25, 0.3) is 0 Å². The maximum atomic E-state index is 12.6. The van der Waals surface area contributed by atoms with Gasteiger partial charge >= 0.3 is 0 Å². The molecule has 1 spiro atoms. The molecule has 2 aliphatic rings. The smallest absolute Gasteiger partial charge is 0.234 e. The van der Waals surface area contributed by atoms with E-state index in [0.717, 1.165) is 60.9 Å². The number of aliphatic imine (C=N–C) groups is 2. The Morgan fingerprint density at radius 1 is 1.03 bits per heavy atom. The third-order valence-electron chi connectivity index (χ3n) is 5.97. The second-order valence-electron chi connectivity index (χ2n) is 8.05. The van der Waals surface area contributed by atoms with Crippen molar-refractivity contribution in [3.63, 3.8) is 0 Å². The molecule has 1 amide bonds. The first-order valence-corrected chi connectivity index (χ1v) is 12.1. The molecular weight excluding hydrogens is 404 g/mol. The molecule has 1 N–H and O–H groups in total. The van der Waals surface area contributed by atoms with Gasteiger partial charge in [0.1, 0.15) is 5.04 Å². The maximum Gasteiger partial charge on any atom is 0.234 e. The van der Waals surface area contributed by atoms with Gasteiger partial charge in [0, 0.05) is 37.2 Å². The highest BCUT2D eigenvalue weighted by atomic mass is 32.2. The number of hydrogen-bond acceptors (Lipinski definition) is 5. The van der Waals surface area contributed by atoms with Crippen molar-refractivity contribution in [3.05, 3.63) is 65.7 Å². The number of anilines is 1. The zero-order chi connectivity index (χ0) is 21.7. The number of thioether (sulfide) groups is 1. The van der Waals surface area contributed by atoms with Crippen molar-refractivity contribution in [2.75, 3.05) is 30.7 Å². The summed E-state index contributed by atoms with van der Waals surface area (Å²) in [6.45, 7) is 7.41. The van der Waals surface area contributed by atoms with Gasteiger partial charge in [-0.05, 0) is 30.7 Å². The molecule has 0 bridgehead atoms. The van der Waals surface area contributed by atoms with E-state index in [4.69, 9.17) is 9.98 Å². The molecule has 162 valence electrons. The first-order chi connectivity index (χ1) is 15.1. The Morgan fingerprint density at radius 3 is 2.39 bits per heavy atom. The molecule has 31 heavy (non-hydrogen) atoms. The third-order valence-corrected chi connectivity index (χ3v) is 6.93. The van der Waals surface area contributed by atoms with Gasteiger partial charge in [0.2, 0.25) is 5.91 Å². The van der Waals surface area contributed by atoms with Crippen molar-refractivity contribution in [2.45, 2.75) is 38.8 Å². The Labute approximate surface area is 189 Å². The van der Waals surface area contributed by atoms with Crippen molar-refractivity contribution in [1.82, 2.24) is 4.90 Å². The second kappa shape index (κ2) is 9.79. The lowest BCUT2D eigenvalue weighted by molar-refractivity contribution is -0.113. The van der Waals surface area contributed by atoms with Gasteiger partial charge in [-0.25, -0.2) is 4.99 Å². The summed E-state index contributed by atoms with van der Waals surface area (Å²) >= 11 is 1.49. The van der Waals surface area contributed by atoms with Crippen LogP contribution in [-0.2, 0) is 11.2 Å². The van der Waals surface area contributed by atoms with Crippen LogP contribution in [0.4, 0.5) is 5.69 Å². The molecule has 0 atom stereocenters.